The summed E-state index contributed by atoms with van der Waals surface area (Å²) in [4.78, 5) is 25.2. The van der Waals surface area contributed by atoms with Gasteiger partial charge in [-0.1, -0.05) is 46.6 Å². The Morgan fingerprint density at radius 3 is 2.50 bits per heavy atom. The Labute approximate surface area is 185 Å². The predicted molar refractivity (Wildman–Crippen MR) is 114 cm³/mol. The number of halogens is 3. The summed E-state index contributed by atoms with van der Waals surface area (Å²) in [6.07, 6.45) is -0.0264. The first-order valence-electron chi connectivity index (χ1n) is 7.83. The van der Waals surface area contributed by atoms with Crippen LogP contribution in [0.1, 0.15) is 5.56 Å². The fourth-order valence-corrected chi connectivity index (χ4v) is 6.86. The molecule has 0 radical (unpaired) electrons. The van der Waals surface area contributed by atoms with E-state index in [4.69, 9.17) is 34.8 Å². The zero-order valence-electron chi connectivity index (χ0n) is 14.1. The summed E-state index contributed by atoms with van der Waals surface area (Å²) in [7, 11) is -4.10. The lowest BCUT2D eigenvalue weighted by atomic mass is 10.2. The lowest BCUT2D eigenvalue weighted by Gasteiger charge is -2.25. The number of thiophene rings is 1. The van der Waals surface area contributed by atoms with Crippen molar-refractivity contribution in [2.75, 3.05) is 23.6 Å². The SMILES string of the molecule is O=C1CN(C(=O)Cc2cscc2NS(=O)(=O)c2c(Cl)cc(Cl)cc2Cl)CCS1. The van der Waals surface area contributed by atoms with Gasteiger partial charge < -0.3 is 4.90 Å². The highest BCUT2D eigenvalue weighted by atomic mass is 35.5. The van der Waals surface area contributed by atoms with Gasteiger partial charge >= 0.3 is 0 Å². The number of amides is 1. The molecule has 1 saturated heterocycles. The van der Waals surface area contributed by atoms with Crippen LogP contribution in [-0.2, 0) is 26.0 Å². The number of sulfonamides is 1. The Kier molecular flexibility index (Phi) is 6.84. The predicted octanol–water partition coefficient (Wildman–Crippen LogP) is 4.15. The highest BCUT2D eigenvalue weighted by Gasteiger charge is 2.26. The zero-order valence-corrected chi connectivity index (χ0v) is 18.8. The largest absolute Gasteiger partial charge is 0.333 e. The van der Waals surface area contributed by atoms with Crippen LogP contribution in [0.25, 0.3) is 0 Å². The van der Waals surface area contributed by atoms with Gasteiger partial charge in [-0.15, -0.1) is 11.3 Å². The number of nitrogens with zero attached hydrogens (tertiary/aromatic N) is 1. The molecule has 1 aromatic heterocycles. The van der Waals surface area contributed by atoms with E-state index < -0.39 is 10.0 Å². The molecule has 1 aliphatic rings. The second kappa shape index (κ2) is 8.81. The molecule has 1 aromatic carbocycles. The van der Waals surface area contributed by atoms with Gasteiger partial charge in [-0.3, -0.25) is 14.3 Å². The van der Waals surface area contributed by atoms with Crippen molar-refractivity contribution in [3.8, 4) is 0 Å². The minimum atomic E-state index is -4.10. The molecule has 1 N–H and O–H groups in total. The molecule has 3 rings (SSSR count). The van der Waals surface area contributed by atoms with Crippen molar-refractivity contribution in [3.05, 3.63) is 43.5 Å². The second-order valence-corrected chi connectivity index (χ2v) is 10.6. The molecular weight excluding hydrogens is 487 g/mol. The number of carbonyl (C=O) groups is 2. The summed E-state index contributed by atoms with van der Waals surface area (Å²) in [6.45, 7) is 0.543. The van der Waals surface area contributed by atoms with E-state index in [1.54, 1.807) is 10.8 Å². The van der Waals surface area contributed by atoms with Crippen molar-refractivity contribution in [1.29, 1.82) is 0 Å². The fraction of sp³-hybridized carbons (Fsp3) is 0.250. The summed E-state index contributed by atoms with van der Waals surface area (Å²) in [6, 6.07) is 2.57. The Hall–Kier alpha value is -0.970. The number of anilines is 1. The van der Waals surface area contributed by atoms with Crippen molar-refractivity contribution in [2.24, 2.45) is 0 Å². The third-order valence-corrected chi connectivity index (χ3v) is 7.99. The van der Waals surface area contributed by atoms with Crippen molar-refractivity contribution in [3.63, 3.8) is 0 Å². The molecule has 0 aliphatic carbocycles. The first-order valence-corrected chi connectivity index (χ1v) is 12.4. The van der Waals surface area contributed by atoms with Crippen LogP contribution in [-0.4, -0.2) is 43.2 Å². The second-order valence-electron chi connectivity index (χ2n) is 5.83. The minimum absolute atomic E-state index is 0.0264. The maximum atomic E-state index is 12.8. The quantitative estimate of drug-likeness (QED) is 0.668. The van der Waals surface area contributed by atoms with Gasteiger partial charge in [0, 0.05) is 22.7 Å². The number of rotatable bonds is 5. The van der Waals surface area contributed by atoms with E-state index >= 15 is 0 Å². The third-order valence-electron chi connectivity index (χ3n) is 3.86. The lowest BCUT2D eigenvalue weighted by molar-refractivity contribution is -0.133. The molecule has 28 heavy (non-hydrogen) atoms. The van der Waals surface area contributed by atoms with Gasteiger partial charge in [-0.2, -0.15) is 0 Å². The number of nitrogens with one attached hydrogen (secondary N) is 1. The van der Waals surface area contributed by atoms with Gasteiger partial charge in [-0.05, 0) is 23.1 Å². The number of thioether (sulfide) groups is 1. The van der Waals surface area contributed by atoms with Gasteiger partial charge in [0.2, 0.25) is 11.0 Å². The molecule has 0 bridgehead atoms. The first kappa shape index (κ1) is 21.7. The molecule has 2 heterocycles. The number of carbonyl (C=O) groups excluding carboxylic acids is 2. The van der Waals surface area contributed by atoms with Crippen LogP contribution in [0, 0.1) is 0 Å². The molecule has 150 valence electrons. The maximum absolute atomic E-state index is 12.8. The monoisotopic (exact) mass is 498 g/mol. The van der Waals surface area contributed by atoms with Gasteiger partial charge in [0.1, 0.15) is 4.90 Å². The minimum Gasteiger partial charge on any atom is -0.333 e. The molecule has 0 atom stereocenters. The van der Waals surface area contributed by atoms with E-state index in [2.05, 4.69) is 4.72 Å². The molecular formula is C16H13Cl3N2O4S3. The molecule has 2 aromatic rings. The normalized spacial score (nSPS) is 15.0. The van der Waals surface area contributed by atoms with Crippen molar-refractivity contribution in [1.82, 2.24) is 4.90 Å². The van der Waals surface area contributed by atoms with E-state index in [1.165, 1.54) is 40.1 Å². The van der Waals surface area contributed by atoms with Crippen LogP contribution < -0.4 is 4.72 Å². The smallest absolute Gasteiger partial charge is 0.264 e. The molecule has 1 amide bonds. The highest BCUT2D eigenvalue weighted by Crippen LogP contribution is 2.35. The van der Waals surface area contributed by atoms with Gasteiger partial charge in [0.25, 0.3) is 10.0 Å². The molecule has 0 unspecified atom stereocenters. The summed E-state index contributed by atoms with van der Waals surface area (Å²) in [5.41, 5.74) is 0.767. The zero-order chi connectivity index (χ0) is 20.5. The summed E-state index contributed by atoms with van der Waals surface area (Å²) in [5.74, 6) is 0.316. The Balaban J connectivity index is 1.80. The van der Waals surface area contributed by atoms with E-state index in [1.807, 2.05) is 0 Å². The van der Waals surface area contributed by atoms with Crippen LogP contribution in [0.5, 0.6) is 0 Å². The topological polar surface area (TPSA) is 83.6 Å². The van der Waals surface area contributed by atoms with Crippen LogP contribution in [0.3, 0.4) is 0 Å². The van der Waals surface area contributed by atoms with E-state index in [9.17, 15) is 18.0 Å². The van der Waals surface area contributed by atoms with Crippen LogP contribution in [0.2, 0.25) is 15.1 Å². The van der Waals surface area contributed by atoms with Gasteiger partial charge in [-0.25, -0.2) is 8.42 Å². The van der Waals surface area contributed by atoms with Crippen LogP contribution in [0.15, 0.2) is 27.8 Å². The third kappa shape index (κ3) is 4.95. The van der Waals surface area contributed by atoms with Gasteiger partial charge in [0.15, 0.2) is 0 Å². The fourth-order valence-electron chi connectivity index (χ4n) is 2.57. The van der Waals surface area contributed by atoms with Crippen molar-refractivity contribution in [2.45, 2.75) is 11.3 Å². The molecule has 6 nitrogen and oxygen atoms in total. The number of benzene rings is 1. The average Bonchev–Trinajstić information content (AvgIpc) is 2.99. The van der Waals surface area contributed by atoms with Crippen LogP contribution >= 0.6 is 57.9 Å². The maximum Gasteiger partial charge on any atom is 0.264 e. The standard InChI is InChI=1S/C16H13Cl3N2O4S3/c17-10-4-11(18)16(12(19)5-10)28(24,25)20-13-8-26-7-9(13)3-14(22)21-1-2-27-15(23)6-21/h4-5,7-8,20H,1-3,6H2. The summed E-state index contributed by atoms with van der Waals surface area (Å²) >= 11 is 20.3. The van der Waals surface area contributed by atoms with E-state index in [0.717, 1.165) is 0 Å². The first-order chi connectivity index (χ1) is 13.2. The summed E-state index contributed by atoms with van der Waals surface area (Å²) in [5, 5.41) is 3.20. The molecule has 1 aliphatic heterocycles. The Morgan fingerprint density at radius 1 is 1.18 bits per heavy atom. The van der Waals surface area contributed by atoms with Crippen molar-refractivity contribution >= 4 is 84.6 Å². The van der Waals surface area contributed by atoms with E-state index in [0.29, 0.717) is 17.9 Å². The molecule has 12 heteroatoms. The van der Waals surface area contributed by atoms with Crippen LogP contribution in [0.4, 0.5) is 5.69 Å². The van der Waals surface area contributed by atoms with E-state index in [-0.39, 0.29) is 49.6 Å². The van der Waals surface area contributed by atoms with Gasteiger partial charge in [0.05, 0.1) is 28.7 Å². The molecule has 1 fully saturated rings. The number of hydrogen-bond donors (Lipinski definition) is 1. The molecule has 0 saturated carbocycles. The summed E-state index contributed by atoms with van der Waals surface area (Å²) < 4.78 is 28.0. The highest BCUT2D eigenvalue weighted by molar-refractivity contribution is 8.13. The molecule has 0 spiro atoms. The number of hydrogen-bond acceptors (Lipinski definition) is 6. The Bertz CT molecular complexity index is 1020. The average molecular weight is 500 g/mol. The lowest BCUT2D eigenvalue weighted by Crippen LogP contribution is -2.40. The van der Waals surface area contributed by atoms with Crippen molar-refractivity contribution < 1.29 is 18.0 Å². The Morgan fingerprint density at radius 2 is 1.86 bits per heavy atom.